The number of carbonyl (C=O) groups is 2. The minimum Gasteiger partial charge on any atom is -0.496 e. The predicted molar refractivity (Wildman–Crippen MR) is 88.7 cm³/mol. The minimum atomic E-state index is 0.0354. The number of ether oxygens (including phenoxy) is 1. The molecule has 0 radical (unpaired) electrons. The molecule has 1 aliphatic heterocycles. The van der Waals surface area contributed by atoms with Gasteiger partial charge in [-0.25, -0.2) is 0 Å². The third-order valence-electron chi connectivity index (χ3n) is 5.31. The molecule has 2 fully saturated rings. The molecular formula is C19H25NO3. The maximum atomic E-state index is 12.7. The maximum absolute atomic E-state index is 12.7. The van der Waals surface area contributed by atoms with Crippen molar-refractivity contribution in [2.75, 3.05) is 20.2 Å². The second-order valence-corrected chi connectivity index (χ2v) is 6.78. The number of hydrogen-bond acceptors (Lipinski definition) is 3. The van der Waals surface area contributed by atoms with Crippen molar-refractivity contribution in [2.45, 2.75) is 39.0 Å². The molecule has 0 spiro atoms. The number of hydrogen-bond donors (Lipinski definition) is 0. The van der Waals surface area contributed by atoms with Gasteiger partial charge in [0.2, 0.25) is 5.91 Å². The lowest BCUT2D eigenvalue weighted by Crippen LogP contribution is -2.44. The largest absolute Gasteiger partial charge is 0.496 e. The highest BCUT2D eigenvalue weighted by molar-refractivity contribution is 5.98. The molecule has 2 aliphatic rings. The quantitative estimate of drug-likeness (QED) is 0.802. The number of ketones is 1. The van der Waals surface area contributed by atoms with Gasteiger partial charge in [0, 0.05) is 30.5 Å². The third kappa shape index (κ3) is 3.26. The zero-order chi connectivity index (χ0) is 16.4. The van der Waals surface area contributed by atoms with E-state index in [4.69, 9.17) is 4.74 Å². The van der Waals surface area contributed by atoms with Gasteiger partial charge in [-0.1, -0.05) is 6.42 Å². The van der Waals surface area contributed by atoms with Crippen molar-refractivity contribution in [3.05, 3.63) is 29.3 Å². The predicted octanol–water partition coefficient (Wildman–Crippen LogP) is 3.23. The lowest BCUT2D eigenvalue weighted by atomic mass is 9.83. The molecule has 1 saturated heterocycles. The maximum Gasteiger partial charge on any atom is 0.225 e. The molecule has 23 heavy (non-hydrogen) atoms. The summed E-state index contributed by atoms with van der Waals surface area (Å²) in [5, 5.41) is 0. The molecular weight excluding hydrogens is 290 g/mol. The molecule has 1 amide bonds. The van der Waals surface area contributed by atoms with Gasteiger partial charge in [-0.3, -0.25) is 9.59 Å². The van der Waals surface area contributed by atoms with Crippen molar-refractivity contribution in [3.63, 3.8) is 0 Å². The van der Waals surface area contributed by atoms with Crippen LogP contribution in [0, 0.1) is 18.8 Å². The van der Waals surface area contributed by atoms with E-state index in [0.717, 1.165) is 55.6 Å². The van der Waals surface area contributed by atoms with Crippen LogP contribution in [0.2, 0.25) is 0 Å². The summed E-state index contributed by atoms with van der Waals surface area (Å²) in [6.07, 6.45) is 4.83. The van der Waals surface area contributed by atoms with Crippen molar-refractivity contribution in [1.82, 2.24) is 4.90 Å². The number of piperidine rings is 1. The van der Waals surface area contributed by atoms with E-state index in [1.54, 1.807) is 7.11 Å². The van der Waals surface area contributed by atoms with Crippen LogP contribution in [0.4, 0.5) is 0 Å². The lowest BCUT2D eigenvalue weighted by Gasteiger charge is -2.36. The smallest absolute Gasteiger partial charge is 0.225 e. The molecule has 1 heterocycles. The average Bonchev–Trinajstić information content (AvgIpc) is 2.52. The summed E-state index contributed by atoms with van der Waals surface area (Å²) < 4.78 is 5.25. The van der Waals surface area contributed by atoms with Crippen molar-refractivity contribution in [1.29, 1.82) is 0 Å². The van der Waals surface area contributed by atoms with Crippen molar-refractivity contribution in [3.8, 4) is 5.75 Å². The van der Waals surface area contributed by atoms with Gasteiger partial charge in [0.15, 0.2) is 5.78 Å². The molecule has 0 atom stereocenters. The highest BCUT2D eigenvalue weighted by Gasteiger charge is 2.33. The molecule has 4 heteroatoms. The SMILES string of the molecule is COc1ccc(C(=O)C2CCN(C(=O)C3CCC3)CC2)cc1C. The van der Waals surface area contributed by atoms with Crippen LogP contribution in [0.3, 0.4) is 0 Å². The monoisotopic (exact) mass is 315 g/mol. The van der Waals surface area contributed by atoms with Crippen LogP contribution in [0.5, 0.6) is 5.75 Å². The summed E-state index contributed by atoms with van der Waals surface area (Å²) >= 11 is 0. The molecule has 0 aromatic heterocycles. The number of amides is 1. The first-order valence-electron chi connectivity index (χ1n) is 8.58. The van der Waals surface area contributed by atoms with E-state index >= 15 is 0 Å². The second-order valence-electron chi connectivity index (χ2n) is 6.78. The first-order valence-corrected chi connectivity index (χ1v) is 8.58. The Hall–Kier alpha value is -1.84. The van der Waals surface area contributed by atoms with Gasteiger partial charge in [-0.15, -0.1) is 0 Å². The van der Waals surface area contributed by atoms with E-state index in [0.29, 0.717) is 5.91 Å². The highest BCUT2D eigenvalue weighted by Crippen LogP contribution is 2.31. The Bertz CT molecular complexity index is 599. The molecule has 124 valence electrons. The van der Waals surface area contributed by atoms with Crippen LogP contribution in [0.15, 0.2) is 18.2 Å². The van der Waals surface area contributed by atoms with Crippen molar-refractivity contribution >= 4 is 11.7 Å². The number of benzene rings is 1. The molecule has 1 aromatic rings. The van der Waals surface area contributed by atoms with Gasteiger partial charge >= 0.3 is 0 Å². The van der Waals surface area contributed by atoms with Crippen LogP contribution in [0.1, 0.15) is 48.0 Å². The normalized spacial score (nSPS) is 19.3. The van der Waals surface area contributed by atoms with Gasteiger partial charge in [0.25, 0.3) is 0 Å². The van der Waals surface area contributed by atoms with E-state index < -0.39 is 0 Å². The molecule has 1 aromatic carbocycles. The van der Waals surface area contributed by atoms with Gasteiger partial charge in [-0.2, -0.15) is 0 Å². The number of likely N-dealkylation sites (tertiary alicyclic amines) is 1. The average molecular weight is 315 g/mol. The van der Waals surface area contributed by atoms with Crippen LogP contribution >= 0.6 is 0 Å². The third-order valence-corrected chi connectivity index (χ3v) is 5.31. The summed E-state index contributed by atoms with van der Waals surface area (Å²) in [5.74, 6) is 1.61. The summed E-state index contributed by atoms with van der Waals surface area (Å²) in [6, 6.07) is 5.62. The fourth-order valence-corrected chi connectivity index (χ4v) is 3.54. The minimum absolute atomic E-state index is 0.0354. The molecule has 4 nitrogen and oxygen atoms in total. The zero-order valence-electron chi connectivity index (χ0n) is 14.0. The number of carbonyl (C=O) groups excluding carboxylic acids is 2. The number of aryl methyl sites for hydroxylation is 1. The van der Waals surface area contributed by atoms with Crippen LogP contribution in [0.25, 0.3) is 0 Å². The van der Waals surface area contributed by atoms with Crippen LogP contribution < -0.4 is 4.74 Å². The first kappa shape index (κ1) is 16.0. The number of methoxy groups -OCH3 is 1. The molecule has 1 saturated carbocycles. The summed E-state index contributed by atoms with van der Waals surface area (Å²) in [6.45, 7) is 3.40. The fourth-order valence-electron chi connectivity index (χ4n) is 3.54. The lowest BCUT2D eigenvalue weighted by molar-refractivity contribution is -0.139. The van der Waals surface area contributed by atoms with Crippen LogP contribution in [-0.4, -0.2) is 36.8 Å². The van der Waals surface area contributed by atoms with Gasteiger partial charge < -0.3 is 9.64 Å². The van der Waals surface area contributed by atoms with Gasteiger partial charge in [-0.05, 0) is 56.4 Å². The number of rotatable bonds is 4. The van der Waals surface area contributed by atoms with E-state index in [1.807, 2.05) is 30.0 Å². The van der Waals surface area contributed by atoms with E-state index in [-0.39, 0.29) is 17.6 Å². The Morgan fingerprint density at radius 2 is 1.78 bits per heavy atom. The van der Waals surface area contributed by atoms with Gasteiger partial charge in [0.1, 0.15) is 5.75 Å². The zero-order valence-corrected chi connectivity index (χ0v) is 14.0. The number of nitrogens with zero attached hydrogens (tertiary/aromatic N) is 1. The Kier molecular flexibility index (Phi) is 4.69. The summed E-state index contributed by atoms with van der Waals surface area (Å²) in [4.78, 5) is 26.9. The van der Waals surface area contributed by atoms with Gasteiger partial charge in [0.05, 0.1) is 7.11 Å². The van der Waals surface area contributed by atoms with Crippen molar-refractivity contribution < 1.29 is 14.3 Å². The fraction of sp³-hybridized carbons (Fsp3) is 0.579. The van der Waals surface area contributed by atoms with E-state index in [1.165, 1.54) is 6.42 Å². The Morgan fingerprint density at radius 1 is 1.09 bits per heavy atom. The Labute approximate surface area is 137 Å². The first-order chi connectivity index (χ1) is 11.1. The van der Waals surface area contributed by atoms with Crippen LogP contribution in [-0.2, 0) is 4.79 Å². The number of Topliss-reactive ketones (excluding diaryl/α,β-unsaturated/α-hetero) is 1. The second kappa shape index (κ2) is 6.73. The molecule has 0 unspecified atom stereocenters. The summed E-state index contributed by atoms with van der Waals surface area (Å²) in [5.41, 5.74) is 1.74. The van der Waals surface area contributed by atoms with E-state index in [9.17, 15) is 9.59 Å². The Balaban J connectivity index is 1.59. The molecule has 3 rings (SSSR count). The molecule has 1 aliphatic carbocycles. The standard InChI is InChI=1S/C19H25NO3/c1-13-12-16(6-7-17(13)23-2)18(21)14-8-10-20(11-9-14)19(22)15-4-3-5-15/h6-7,12,14-15H,3-5,8-11H2,1-2H3. The topological polar surface area (TPSA) is 46.6 Å². The van der Waals surface area contributed by atoms with Crippen molar-refractivity contribution in [2.24, 2.45) is 11.8 Å². The molecule has 0 N–H and O–H groups in total. The molecule has 0 bridgehead atoms. The highest BCUT2D eigenvalue weighted by atomic mass is 16.5. The van der Waals surface area contributed by atoms with E-state index in [2.05, 4.69) is 0 Å². The summed E-state index contributed by atoms with van der Waals surface area (Å²) in [7, 11) is 1.64. The Morgan fingerprint density at radius 3 is 2.30 bits per heavy atom.